The quantitative estimate of drug-likeness (QED) is 0.135. The van der Waals surface area contributed by atoms with Crippen LogP contribution in [-0.4, -0.2) is 77.0 Å². The van der Waals surface area contributed by atoms with Gasteiger partial charge in [0.15, 0.2) is 23.1 Å². The van der Waals surface area contributed by atoms with Crippen LogP contribution in [0.15, 0.2) is 83.5 Å². The predicted octanol–water partition coefficient (Wildman–Crippen LogP) is 1.57. The van der Waals surface area contributed by atoms with E-state index in [9.17, 15) is 33.8 Å². The highest BCUT2D eigenvalue weighted by Crippen LogP contribution is 2.26. The van der Waals surface area contributed by atoms with Crippen molar-refractivity contribution in [1.29, 1.82) is 0 Å². The molecular weight excluding hydrogens is 633 g/mol. The normalized spacial score (nSPS) is 13.1. The molecule has 0 atom stereocenters. The van der Waals surface area contributed by atoms with Crippen molar-refractivity contribution in [2.75, 3.05) is 17.2 Å². The highest BCUT2D eigenvalue weighted by Gasteiger charge is 2.24. The predicted molar refractivity (Wildman–Crippen MR) is 164 cm³/mol. The summed E-state index contributed by atoms with van der Waals surface area (Å²) in [7, 11) is 0. The van der Waals surface area contributed by atoms with Crippen LogP contribution in [-0.2, 0) is 11.2 Å². The third-order valence-electron chi connectivity index (χ3n) is 6.80. The number of hydrogen-bond donors (Lipinski definition) is 6. The number of carbonyl (C=O) groups is 4. The number of amidine groups is 1. The van der Waals surface area contributed by atoms with E-state index in [1.165, 1.54) is 60.0 Å². The lowest BCUT2D eigenvalue weighted by molar-refractivity contribution is -0.110. The van der Waals surface area contributed by atoms with Crippen LogP contribution in [0.4, 0.5) is 15.8 Å². The average Bonchev–Trinajstić information content (AvgIpc) is 3.78. The molecule has 0 radical (unpaired) electrons. The molecule has 0 bridgehead atoms. The van der Waals surface area contributed by atoms with E-state index in [4.69, 9.17) is 4.74 Å². The Hall–Kier alpha value is -7.02. The van der Waals surface area contributed by atoms with Gasteiger partial charge in [-0.3, -0.25) is 14.2 Å². The van der Waals surface area contributed by atoms with Crippen molar-refractivity contribution in [2.24, 2.45) is 10.2 Å². The van der Waals surface area contributed by atoms with Crippen molar-refractivity contribution in [3.05, 3.63) is 102 Å². The van der Waals surface area contributed by atoms with Crippen molar-refractivity contribution < 1.29 is 38.5 Å². The smallest absolute Gasteiger partial charge is 0.337 e. The summed E-state index contributed by atoms with van der Waals surface area (Å²) in [6.45, 7) is -0.150. The third-order valence-corrected chi connectivity index (χ3v) is 6.80. The van der Waals surface area contributed by atoms with Gasteiger partial charge in [0.25, 0.3) is 11.8 Å². The van der Waals surface area contributed by atoms with Crippen LogP contribution in [0.5, 0.6) is 5.75 Å². The lowest BCUT2D eigenvalue weighted by Crippen LogP contribution is -2.40. The topological polar surface area (TPSA) is 238 Å². The number of halogens is 1. The Morgan fingerprint density at radius 2 is 1.71 bits per heavy atom. The summed E-state index contributed by atoms with van der Waals surface area (Å²) in [4.78, 5) is 53.3. The molecule has 4 aromatic rings. The molecule has 6 N–H and O–H groups in total. The van der Waals surface area contributed by atoms with Crippen LogP contribution in [0.1, 0.15) is 36.8 Å². The van der Waals surface area contributed by atoms with Gasteiger partial charge in [-0.15, -0.1) is 25.9 Å². The van der Waals surface area contributed by atoms with Gasteiger partial charge in [-0.25, -0.2) is 24.5 Å². The summed E-state index contributed by atoms with van der Waals surface area (Å²) in [6, 6.07) is 8.76. The molecule has 0 aliphatic carbocycles. The van der Waals surface area contributed by atoms with Crippen molar-refractivity contribution in [2.45, 2.75) is 6.42 Å². The van der Waals surface area contributed by atoms with Crippen LogP contribution >= 0.6 is 0 Å². The highest BCUT2D eigenvalue weighted by atomic mass is 19.1. The zero-order valence-electron chi connectivity index (χ0n) is 24.3. The second-order valence-corrected chi connectivity index (χ2v) is 9.88. The number of hydrazone groups is 2. The number of anilines is 2. The molecule has 2 amide bonds. The fourth-order valence-corrected chi connectivity index (χ4v) is 4.46. The first-order valence-corrected chi connectivity index (χ1v) is 13.8. The second kappa shape index (κ2) is 13.1. The molecule has 4 heterocycles. The largest absolute Gasteiger partial charge is 0.493 e. The summed E-state index contributed by atoms with van der Waals surface area (Å²) in [6.07, 6.45) is 7.48. The summed E-state index contributed by atoms with van der Waals surface area (Å²) >= 11 is 0. The van der Waals surface area contributed by atoms with Crippen LogP contribution in [0, 0.1) is 5.82 Å². The second-order valence-electron chi connectivity index (χ2n) is 9.88. The van der Waals surface area contributed by atoms with Gasteiger partial charge in [-0.1, -0.05) is 0 Å². The van der Waals surface area contributed by atoms with E-state index in [0.717, 1.165) is 6.07 Å². The van der Waals surface area contributed by atoms with Crippen LogP contribution in [0.25, 0.3) is 5.82 Å². The van der Waals surface area contributed by atoms with Crippen LogP contribution < -0.4 is 26.4 Å². The van der Waals surface area contributed by atoms with Gasteiger partial charge in [-0.05, 0) is 54.1 Å². The Morgan fingerprint density at radius 3 is 2.44 bits per heavy atom. The third kappa shape index (κ3) is 6.65. The lowest BCUT2D eigenvalue weighted by Gasteiger charge is -2.17. The molecule has 19 heteroatoms. The number of hydrogen-bond acceptors (Lipinski definition) is 13. The van der Waals surface area contributed by atoms with Crippen molar-refractivity contribution in [1.82, 2.24) is 35.9 Å². The first-order valence-electron chi connectivity index (χ1n) is 13.8. The maximum absolute atomic E-state index is 14.9. The average molecular weight is 656 g/mol. The molecule has 0 saturated heterocycles. The van der Waals surface area contributed by atoms with Gasteiger partial charge < -0.3 is 25.6 Å². The molecule has 2 aliphatic rings. The number of aromatic carboxylic acids is 2. The summed E-state index contributed by atoms with van der Waals surface area (Å²) < 4.78 is 22.2. The Bertz CT molecular complexity index is 2030. The Balaban J connectivity index is 1.14. The fraction of sp³-hybridized carbons (Fsp3) is 0.0690. The molecule has 48 heavy (non-hydrogen) atoms. The van der Waals surface area contributed by atoms with E-state index >= 15 is 0 Å². The number of amides is 2. The summed E-state index contributed by atoms with van der Waals surface area (Å²) in [5, 5.41) is 41.2. The molecule has 0 fully saturated rings. The van der Waals surface area contributed by atoms with Gasteiger partial charge in [0, 0.05) is 24.9 Å². The number of nitrogens with one attached hydrogen (secondary N) is 4. The van der Waals surface area contributed by atoms with Crippen LogP contribution in [0.2, 0.25) is 0 Å². The molecule has 242 valence electrons. The van der Waals surface area contributed by atoms with E-state index in [2.05, 4.69) is 47.1 Å². The molecule has 0 saturated carbocycles. The fourth-order valence-electron chi connectivity index (χ4n) is 4.46. The summed E-state index contributed by atoms with van der Waals surface area (Å²) in [5.74, 6) is -4.19. The molecule has 18 nitrogen and oxygen atoms in total. The number of benzene rings is 2. The number of fused-ring (bicyclic) bond motifs is 1. The van der Waals surface area contributed by atoms with E-state index in [0.29, 0.717) is 11.7 Å². The zero-order chi connectivity index (χ0) is 33.8. The number of imidazole rings is 1. The van der Waals surface area contributed by atoms with Crippen molar-refractivity contribution >= 4 is 46.7 Å². The standard InChI is InChI=1S/C29H22FN11O7/c30-19-13-18(29(46)47)22(32-27(43)21-4-6-25-36-38-39-41(25)37-21)11-15(19)7-10-48-16-1-2-17(28(44)45)23(12-16)33-26(42)20-3-5-24(35-34-20)40-9-8-31-14-40/h1-6,8-9,11-14,38-39H,7,10H2,(H,32,43)(H,33,42)(H,44,45)(H,46,47). The van der Waals surface area contributed by atoms with Crippen molar-refractivity contribution in [3.8, 4) is 11.6 Å². The van der Waals surface area contributed by atoms with Gasteiger partial charge >= 0.3 is 11.9 Å². The van der Waals surface area contributed by atoms with E-state index in [1.54, 1.807) is 17.0 Å². The molecule has 0 unspecified atom stereocenters. The molecule has 2 aromatic carbocycles. The zero-order valence-corrected chi connectivity index (χ0v) is 24.3. The SMILES string of the molecule is O=C(Nc1cc(CCOc2ccc(C(=O)O)c(NC(=O)c3ccc(-n4ccnc4)nn3)c2)c(F)cc1C(=O)O)C1=NN2NNN=C2C=C1. The van der Waals surface area contributed by atoms with Gasteiger partial charge in [0.05, 0.1) is 29.1 Å². The number of carboxylic acids is 2. The maximum atomic E-state index is 14.9. The van der Waals surface area contributed by atoms with E-state index in [1.807, 2.05) is 0 Å². The van der Waals surface area contributed by atoms with Gasteiger partial charge in [0.2, 0.25) is 0 Å². The molecule has 0 spiro atoms. The minimum atomic E-state index is -1.47. The minimum Gasteiger partial charge on any atom is -0.493 e. The first-order chi connectivity index (χ1) is 23.2. The molecule has 2 aliphatic heterocycles. The maximum Gasteiger partial charge on any atom is 0.337 e. The number of carbonyl (C=O) groups excluding carboxylic acids is 2. The highest BCUT2D eigenvalue weighted by molar-refractivity contribution is 6.48. The number of ether oxygens (including phenoxy) is 1. The minimum absolute atomic E-state index is 0.0182. The molecule has 2 aromatic heterocycles. The first kappa shape index (κ1) is 31.0. The Morgan fingerprint density at radius 1 is 0.917 bits per heavy atom. The van der Waals surface area contributed by atoms with E-state index < -0.39 is 35.1 Å². The number of aromatic nitrogens is 4. The molecular formula is C29H22FN11O7. The number of carboxylic acid groups (broad SMARTS) is 2. The number of nitrogens with zero attached hydrogens (tertiary/aromatic N) is 7. The van der Waals surface area contributed by atoms with Crippen LogP contribution in [0.3, 0.4) is 0 Å². The van der Waals surface area contributed by atoms with Gasteiger partial charge in [0.1, 0.15) is 17.9 Å². The number of hydrazine groups is 2. The number of rotatable bonds is 11. The van der Waals surface area contributed by atoms with Crippen molar-refractivity contribution in [3.63, 3.8) is 0 Å². The lowest BCUT2D eigenvalue weighted by atomic mass is 10.1. The van der Waals surface area contributed by atoms with Gasteiger partial charge in [-0.2, -0.15) is 5.12 Å². The Kier molecular flexibility index (Phi) is 8.48. The Labute approximate surface area is 268 Å². The monoisotopic (exact) mass is 655 g/mol. The molecule has 6 rings (SSSR count). The summed E-state index contributed by atoms with van der Waals surface area (Å²) in [5.41, 5.74) is 3.90. The van der Waals surface area contributed by atoms with E-state index in [-0.39, 0.29) is 52.7 Å².